The quantitative estimate of drug-likeness (QED) is 0.293. The SMILES string of the molecule is COc1ccc(F)c(-c2cccc(N3C=C(C(C)(C)O)CC=C=C3c3ccccc3C(F)(F)F)c2)c1. The van der Waals surface area contributed by atoms with Crippen LogP contribution in [0.15, 0.2) is 90.3 Å². The normalized spacial score (nSPS) is 14.3. The van der Waals surface area contributed by atoms with Gasteiger partial charge in [-0.3, -0.25) is 0 Å². The van der Waals surface area contributed by atoms with E-state index >= 15 is 0 Å². The summed E-state index contributed by atoms with van der Waals surface area (Å²) in [5, 5.41) is 10.7. The van der Waals surface area contributed by atoms with E-state index in [1.165, 1.54) is 37.4 Å². The van der Waals surface area contributed by atoms with Crippen LogP contribution in [0.2, 0.25) is 0 Å². The van der Waals surface area contributed by atoms with Crippen LogP contribution in [-0.2, 0) is 6.18 Å². The lowest BCUT2D eigenvalue weighted by Crippen LogP contribution is -2.25. The molecule has 3 aromatic carbocycles. The summed E-state index contributed by atoms with van der Waals surface area (Å²) in [6.45, 7) is 3.23. The summed E-state index contributed by atoms with van der Waals surface area (Å²) in [4.78, 5) is 1.56. The summed E-state index contributed by atoms with van der Waals surface area (Å²) < 4.78 is 61.7. The highest BCUT2D eigenvalue weighted by atomic mass is 19.4. The van der Waals surface area contributed by atoms with Gasteiger partial charge in [0.1, 0.15) is 11.6 Å². The van der Waals surface area contributed by atoms with E-state index in [9.17, 15) is 22.7 Å². The van der Waals surface area contributed by atoms with Crippen molar-refractivity contribution in [2.24, 2.45) is 0 Å². The van der Waals surface area contributed by atoms with E-state index in [0.29, 0.717) is 29.0 Å². The Morgan fingerprint density at radius 2 is 1.69 bits per heavy atom. The largest absolute Gasteiger partial charge is 0.497 e. The molecule has 1 aliphatic rings. The number of anilines is 1. The molecule has 1 N–H and O–H groups in total. The van der Waals surface area contributed by atoms with Crippen molar-refractivity contribution in [2.75, 3.05) is 12.0 Å². The van der Waals surface area contributed by atoms with E-state index in [4.69, 9.17) is 4.74 Å². The predicted octanol–water partition coefficient (Wildman–Crippen LogP) is 7.58. The van der Waals surface area contributed by atoms with Gasteiger partial charge >= 0.3 is 6.18 Å². The molecule has 36 heavy (non-hydrogen) atoms. The van der Waals surface area contributed by atoms with Crippen molar-refractivity contribution in [3.8, 4) is 16.9 Å². The van der Waals surface area contributed by atoms with Gasteiger partial charge in [0.05, 0.1) is 24.0 Å². The minimum absolute atomic E-state index is 0.0625. The third-order valence-corrected chi connectivity index (χ3v) is 5.97. The molecule has 7 heteroatoms. The van der Waals surface area contributed by atoms with Crippen molar-refractivity contribution < 1.29 is 27.4 Å². The van der Waals surface area contributed by atoms with Crippen LogP contribution in [0.1, 0.15) is 31.4 Å². The zero-order chi connectivity index (χ0) is 26.1. The Kier molecular flexibility index (Phi) is 6.81. The van der Waals surface area contributed by atoms with Crippen LogP contribution in [0, 0.1) is 5.82 Å². The Labute approximate surface area is 207 Å². The number of hydrogen-bond donors (Lipinski definition) is 1. The number of allylic oxidation sites excluding steroid dienone is 1. The molecule has 0 fully saturated rings. The number of alkyl halides is 3. The monoisotopic (exact) mass is 495 g/mol. The third-order valence-electron chi connectivity index (χ3n) is 5.97. The summed E-state index contributed by atoms with van der Waals surface area (Å²) in [7, 11) is 1.48. The van der Waals surface area contributed by atoms with Gasteiger partial charge in [-0.05, 0) is 73.9 Å². The second-order valence-electron chi connectivity index (χ2n) is 8.92. The van der Waals surface area contributed by atoms with Gasteiger partial charge in [-0.2, -0.15) is 13.2 Å². The first kappa shape index (κ1) is 25.3. The van der Waals surface area contributed by atoms with Crippen molar-refractivity contribution in [1.82, 2.24) is 0 Å². The van der Waals surface area contributed by atoms with Crippen molar-refractivity contribution in [1.29, 1.82) is 0 Å². The van der Waals surface area contributed by atoms with Gasteiger partial charge in [0.2, 0.25) is 0 Å². The summed E-state index contributed by atoms with van der Waals surface area (Å²) in [6.07, 6.45) is -1.06. The number of methoxy groups -OCH3 is 1. The standard InChI is InChI=1S/C29H25F4NO2/c1-28(2,35)20-9-7-13-27(23-11-4-5-12-25(23)29(31,32)33)34(18-20)21-10-6-8-19(16-21)24-17-22(36-3)14-15-26(24)30/h4-8,10-12,14-18,35H,9H2,1-3H3. The first-order chi connectivity index (χ1) is 17.0. The van der Waals surface area contributed by atoms with Crippen molar-refractivity contribution in [2.45, 2.75) is 32.0 Å². The lowest BCUT2D eigenvalue weighted by atomic mass is 9.96. The second kappa shape index (κ2) is 9.69. The number of nitrogens with zero attached hydrogens (tertiary/aromatic N) is 1. The molecule has 4 rings (SSSR count). The zero-order valence-corrected chi connectivity index (χ0v) is 20.0. The minimum Gasteiger partial charge on any atom is -0.497 e. The molecule has 0 unspecified atom stereocenters. The fourth-order valence-electron chi connectivity index (χ4n) is 4.03. The van der Waals surface area contributed by atoms with Gasteiger partial charge in [0, 0.05) is 23.0 Å². The summed E-state index contributed by atoms with van der Waals surface area (Å²) in [5.74, 6) is 0.00743. The lowest BCUT2D eigenvalue weighted by molar-refractivity contribution is -0.137. The average molecular weight is 496 g/mol. The van der Waals surface area contributed by atoms with E-state index in [2.05, 4.69) is 5.73 Å². The van der Waals surface area contributed by atoms with Crippen molar-refractivity contribution in [3.05, 3.63) is 107 Å². The van der Waals surface area contributed by atoms with Gasteiger partial charge in [0.25, 0.3) is 0 Å². The van der Waals surface area contributed by atoms with E-state index in [1.54, 1.807) is 61.4 Å². The highest BCUT2D eigenvalue weighted by molar-refractivity contribution is 5.85. The molecule has 0 amide bonds. The number of hydrogen-bond acceptors (Lipinski definition) is 3. The number of ether oxygens (including phenoxy) is 1. The van der Waals surface area contributed by atoms with Crippen LogP contribution in [0.25, 0.3) is 16.8 Å². The maximum Gasteiger partial charge on any atom is 0.417 e. The van der Waals surface area contributed by atoms with Crippen LogP contribution in [0.3, 0.4) is 0 Å². The summed E-state index contributed by atoms with van der Waals surface area (Å²) in [5.41, 5.74) is 2.92. The number of rotatable bonds is 5. The second-order valence-corrected chi connectivity index (χ2v) is 8.92. The predicted molar refractivity (Wildman–Crippen MR) is 133 cm³/mol. The molecule has 0 aromatic heterocycles. The molecular formula is C29H25F4NO2. The van der Waals surface area contributed by atoms with Crippen LogP contribution in [-0.4, -0.2) is 17.8 Å². The fourth-order valence-corrected chi connectivity index (χ4v) is 4.03. The topological polar surface area (TPSA) is 32.7 Å². The number of halogens is 4. The molecule has 0 saturated heterocycles. The van der Waals surface area contributed by atoms with Crippen molar-refractivity contribution in [3.63, 3.8) is 0 Å². The Bertz CT molecular complexity index is 1380. The highest BCUT2D eigenvalue weighted by Crippen LogP contribution is 2.40. The van der Waals surface area contributed by atoms with Gasteiger partial charge in [-0.25, -0.2) is 4.39 Å². The van der Waals surface area contributed by atoms with Crippen LogP contribution >= 0.6 is 0 Å². The van der Waals surface area contributed by atoms with Gasteiger partial charge < -0.3 is 14.7 Å². The molecular weight excluding hydrogens is 470 g/mol. The van der Waals surface area contributed by atoms with Crippen LogP contribution in [0.5, 0.6) is 5.75 Å². The molecule has 1 heterocycles. The van der Waals surface area contributed by atoms with Gasteiger partial charge in [-0.15, -0.1) is 0 Å². The van der Waals surface area contributed by atoms with Crippen LogP contribution in [0.4, 0.5) is 23.2 Å². The van der Waals surface area contributed by atoms with E-state index in [0.717, 1.165) is 6.07 Å². The minimum atomic E-state index is -4.59. The maximum absolute atomic E-state index is 14.7. The van der Waals surface area contributed by atoms with E-state index in [1.807, 2.05) is 0 Å². The third kappa shape index (κ3) is 5.23. The molecule has 3 aromatic rings. The number of benzene rings is 3. The molecule has 0 saturated carbocycles. The highest BCUT2D eigenvalue weighted by Gasteiger charge is 2.35. The smallest absolute Gasteiger partial charge is 0.417 e. The first-order valence-corrected chi connectivity index (χ1v) is 11.3. The Morgan fingerprint density at radius 3 is 2.39 bits per heavy atom. The van der Waals surface area contributed by atoms with Gasteiger partial charge in [-0.1, -0.05) is 36.1 Å². The lowest BCUT2D eigenvalue weighted by Gasteiger charge is -2.28. The molecule has 0 radical (unpaired) electrons. The van der Waals surface area contributed by atoms with E-state index < -0.39 is 23.2 Å². The number of aliphatic hydroxyl groups is 1. The molecule has 1 aliphatic heterocycles. The first-order valence-electron chi connectivity index (χ1n) is 11.3. The molecule has 0 aliphatic carbocycles. The van der Waals surface area contributed by atoms with Crippen LogP contribution < -0.4 is 9.64 Å². The Hall–Kier alpha value is -3.80. The Morgan fingerprint density at radius 1 is 0.944 bits per heavy atom. The summed E-state index contributed by atoms with van der Waals surface area (Å²) >= 11 is 0. The molecule has 3 nitrogen and oxygen atoms in total. The zero-order valence-electron chi connectivity index (χ0n) is 20.0. The van der Waals surface area contributed by atoms with Gasteiger partial charge in [0.15, 0.2) is 0 Å². The fraction of sp³-hybridized carbons (Fsp3) is 0.207. The molecule has 0 bridgehead atoms. The van der Waals surface area contributed by atoms with Crippen molar-refractivity contribution >= 4 is 11.4 Å². The van der Waals surface area contributed by atoms with E-state index in [-0.39, 0.29) is 16.8 Å². The molecule has 0 atom stereocenters. The molecule has 0 spiro atoms. The molecule has 186 valence electrons. The Balaban J connectivity index is 1.93. The maximum atomic E-state index is 14.7. The average Bonchev–Trinajstić information content (AvgIpc) is 3.07. The summed E-state index contributed by atoms with van der Waals surface area (Å²) in [6, 6.07) is 16.4.